The minimum atomic E-state index is -3.56. The molecule has 1 N–H and O–H groups in total. The van der Waals surface area contributed by atoms with Crippen molar-refractivity contribution >= 4 is 27.5 Å². The maximum Gasteiger partial charge on any atom is 0.243 e. The Morgan fingerprint density at radius 2 is 1.56 bits per heavy atom. The van der Waals surface area contributed by atoms with E-state index >= 15 is 0 Å². The SMILES string of the molecule is C[C@H](C(=O)Nc1ccc(S(=O)(=O)N2CCOCC2)cc1)N1CCN(CC(=O)N2CCCC2)CC1. The highest BCUT2D eigenvalue weighted by Crippen LogP contribution is 2.20. The summed E-state index contributed by atoms with van der Waals surface area (Å²) in [4.78, 5) is 31.6. The highest BCUT2D eigenvalue weighted by molar-refractivity contribution is 7.89. The zero-order valence-corrected chi connectivity index (χ0v) is 20.6. The first-order valence-corrected chi connectivity index (χ1v) is 13.5. The minimum Gasteiger partial charge on any atom is -0.379 e. The predicted molar refractivity (Wildman–Crippen MR) is 128 cm³/mol. The molecule has 3 saturated heterocycles. The van der Waals surface area contributed by atoms with Gasteiger partial charge in [0, 0.05) is 58.0 Å². The van der Waals surface area contributed by atoms with Crippen molar-refractivity contribution in [1.29, 1.82) is 0 Å². The van der Waals surface area contributed by atoms with Crippen LogP contribution in [0.1, 0.15) is 19.8 Å². The van der Waals surface area contributed by atoms with Gasteiger partial charge < -0.3 is 15.0 Å². The molecule has 11 heteroatoms. The number of carbonyl (C=O) groups is 2. The van der Waals surface area contributed by atoms with E-state index in [-0.39, 0.29) is 22.8 Å². The van der Waals surface area contributed by atoms with Crippen LogP contribution in [0.5, 0.6) is 0 Å². The van der Waals surface area contributed by atoms with Gasteiger partial charge >= 0.3 is 0 Å². The Balaban J connectivity index is 1.25. The average molecular weight is 494 g/mol. The number of carbonyl (C=O) groups excluding carboxylic acids is 2. The van der Waals surface area contributed by atoms with Crippen LogP contribution in [-0.2, 0) is 24.3 Å². The van der Waals surface area contributed by atoms with E-state index in [9.17, 15) is 18.0 Å². The summed E-state index contributed by atoms with van der Waals surface area (Å²) in [5, 5.41) is 2.89. The Labute approximate surface area is 201 Å². The topological polar surface area (TPSA) is 102 Å². The summed E-state index contributed by atoms with van der Waals surface area (Å²) in [5.74, 6) is 0.0706. The lowest BCUT2D eigenvalue weighted by atomic mass is 10.2. The normalized spacial score (nSPS) is 22.0. The number of anilines is 1. The van der Waals surface area contributed by atoms with Crippen molar-refractivity contribution in [2.75, 3.05) is 77.4 Å². The van der Waals surface area contributed by atoms with Crippen molar-refractivity contribution < 1.29 is 22.7 Å². The van der Waals surface area contributed by atoms with Gasteiger partial charge in [0.2, 0.25) is 21.8 Å². The van der Waals surface area contributed by atoms with E-state index in [0.717, 1.165) is 52.1 Å². The number of nitrogens with zero attached hydrogens (tertiary/aromatic N) is 4. The van der Waals surface area contributed by atoms with Crippen LogP contribution in [0.4, 0.5) is 5.69 Å². The van der Waals surface area contributed by atoms with Gasteiger partial charge in [-0.3, -0.25) is 19.4 Å². The standard InChI is InChI=1S/C23H35N5O5S/c1-19(26-12-10-25(11-13-26)18-22(29)27-8-2-3-9-27)23(30)24-20-4-6-21(7-5-20)34(31,32)28-14-16-33-17-15-28/h4-7,19H,2-3,8-18H2,1H3,(H,24,30)/t19-/m1/s1. The van der Waals surface area contributed by atoms with Crippen LogP contribution < -0.4 is 5.32 Å². The zero-order chi connectivity index (χ0) is 24.1. The molecule has 1 aromatic rings. The number of sulfonamides is 1. The number of benzene rings is 1. The Bertz CT molecular complexity index is 950. The number of hydrogen-bond acceptors (Lipinski definition) is 7. The second-order valence-electron chi connectivity index (χ2n) is 9.11. The molecule has 3 aliphatic heterocycles. The lowest BCUT2D eigenvalue weighted by Crippen LogP contribution is -2.54. The van der Waals surface area contributed by atoms with Gasteiger partial charge in [0.1, 0.15) is 0 Å². The van der Waals surface area contributed by atoms with Gasteiger partial charge in [0.05, 0.1) is 30.7 Å². The van der Waals surface area contributed by atoms with E-state index < -0.39 is 10.0 Å². The number of morpholine rings is 1. The van der Waals surface area contributed by atoms with Gasteiger partial charge in [0.25, 0.3) is 0 Å². The molecule has 0 saturated carbocycles. The van der Waals surface area contributed by atoms with Gasteiger partial charge in [-0.15, -0.1) is 0 Å². The van der Waals surface area contributed by atoms with Crippen molar-refractivity contribution in [3.63, 3.8) is 0 Å². The van der Waals surface area contributed by atoms with Crippen LogP contribution >= 0.6 is 0 Å². The van der Waals surface area contributed by atoms with Crippen LogP contribution in [-0.4, -0.2) is 117 Å². The van der Waals surface area contributed by atoms with Crippen LogP contribution in [0, 0.1) is 0 Å². The van der Waals surface area contributed by atoms with Gasteiger partial charge in [-0.05, 0) is 44.0 Å². The van der Waals surface area contributed by atoms with Crippen molar-refractivity contribution in [1.82, 2.24) is 19.0 Å². The van der Waals surface area contributed by atoms with E-state index in [1.54, 1.807) is 12.1 Å². The van der Waals surface area contributed by atoms with Crippen molar-refractivity contribution in [3.05, 3.63) is 24.3 Å². The molecule has 1 aromatic carbocycles. The molecule has 3 fully saturated rings. The molecule has 0 spiro atoms. The number of ether oxygens (including phenoxy) is 1. The Hall–Kier alpha value is -2.05. The molecule has 3 heterocycles. The summed E-state index contributed by atoms with van der Waals surface area (Å²) < 4.78 is 32.2. The van der Waals surface area contributed by atoms with Gasteiger partial charge in [-0.2, -0.15) is 4.31 Å². The third kappa shape index (κ3) is 5.95. The fourth-order valence-corrected chi connectivity index (χ4v) is 6.03. The van der Waals surface area contributed by atoms with E-state index in [4.69, 9.17) is 4.74 Å². The fraction of sp³-hybridized carbons (Fsp3) is 0.652. The van der Waals surface area contributed by atoms with E-state index in [1.807, 2.05) is 11.8 Å². The first-order valence-electron chi connectivity index (χ1n) is 12.1. The van der Waals surface area contributed by atoms with Crippen LogP contribution in [0.3, 0.4) is 0 Å². The molecule has 3 aliphatic rings. The molecule has 0 aliphatic carbocycles. The Kier molecular flexibility index (Phi) is 8.20. The largest absolute Gasteiger partial charge is 0.379 e. The minimum absolute atomic E-state index is 0.134. The summed E-state index contributed by atoms with van der Waals surface area (Å²) in [5.41, 5.74) is 0.563. The van der Waals surface area contributed by atoms with Crippen molar-refractivity contribution in [2.24, 2.45) is 0 Å². The third-order valence-electron chi connectivity index (χ3n) is 6.88. The maximum atomic E-state index is 12.8. The molecule has 34 heavy (non-hydrogen) atoms. The number of rotatable bonds is 7. The molecule has 188 valence electrons. The molecular formula is C23H35N5O5S. The van der Waals surface area contributed by atoms with Gasteiger partial charge in [-0.25, -0.2) is 8.42 Å². The number of amides is 2. The molecule has 10 nitrogen and oxygen atoms in total. The van der Waals surface area contributed by atoms with Crippen LogP contribution in [0.2, 0.25) is 0 Å². The highest BCUT2D eigenvalue weighted by atomic mass is 32.2. The quantitative estimate of drug-likeness (QED) is 0.582. The number of hydrogen-bond donors (Lipinski definition) is 1. The van der Waals surface area contributed by atoms with Crippen molar-refractivity contribution in [3.8, 4) is 0 Å². The van der Waals surface area contributed by atoms with Crippen molar-refractivity contribution in [2.45, 2.75) is 30.7 Å². The number of likely N-dealkylation sites (tertiary alicyclic amines) is 1. The highest BCUT2D eigenvalue weighted by Gasteiger charge is 2.29. The van der Waals surface area contributed by atoms with Gasteiger partial charge in [-0.1, -0.05) is 0 Å². The van der Waals surface area contributed by atoms with Crippen LogP contribution in [0.25, 0.3) is 0 Å². The summed E-state index contributed by atoms with van der Waals surface area (Å²) in [6.07, 6.45) is 2.19. The first kappa shape index (κ1) is 25.1. The van der Waals surface area contributed by atoms with E-state index in [1.165, 1.54) is 16.4 Å². The Morgan fingerprint density at radius 3 is 2.18 bits per heavy atom. The molecule has 0 radical (unpaired) electrons. The lowest BCUT2D eigenvalue weighted by Gasteiger charge is -2.37. The molecule has 4 rings (SSSR count). The summed E-state index contributed by atoms with van der Waals surface area (Å²) in [7, 11) is -3.56. The summed E-state index contributed by atoms with van der Waals surface area (Å²) >= 11 is 0. The average Bonchev–Trinajstić information content (AvgIpc) is 3.40. The Morgan fingerprint density at radius 1 is 0.941 bits per heavy atom. The number of nitrogens with one attached hydrogen (secondary N) is 1. The molecule has 2 amide bonds. The van der Waals surface area contributed by atoms with Gasteiger partial charge in [0.15, 0.2) is 0 Å². The first-order chi connectivity index (χ1) is 16.3. The summed E-state index contributed by atoms with van der Waals surface area (Å²) in [6, 6.07) is 5.98. The monoisotopic (exact) mass is 493 g/mol. The molecule has 1 atom stereocenters. The molecular weight excluding hydrogens is 458 g/mol. The van der Waals surface area contributed by atoms with Crippen LogP contribution in [0.15, 0.2) is 29.2 Å². The molecule has 0 unspecified atom stereocenters. The predicted octanol–water partition coefficient (Wildman–Crippen LogP) is 0.275. The lowest BCUT2D eigenvalue weighted by molar-refractivity contribution is -0.132. The number of piperazine rings is 1. The third-order valence-corrected chi connectivity index (χ3v) is 8.79. The maximum absolute atomic E-state index is 12.8. The molecule has 0 bridgehead atoms. The van der Waals surface area contributed by atoms with E-state index in [0.29, 0.717) is 38.5 Å². The second kappa shape index (κ2) is 11.1. The molecule has 0 aromatic heterocycles. The van der Waals surface area contributed by atoms with E-state index in [2.05, 4.69) is 15.1 Å². The summed E-state index contributed by atoms with van der Waals surface area (Å²) in [6.45, 7) is 8.50. The fourth-order valence-electron chi connectivity index (χ4n) is 4.63. The zero-order valence-electron chi connectivity index (χ0n) is 19.8. The second-order valence-corrected chi connectivity index (χ2v) is 11.0. The smallest absolute Gasteiger partial charge is 0.243 e.